The van der Waals surface area contributed by atoms with E-state index in [1.54, 1.807) is 29.2 Å². The molecule has 8 nitrogen and oxygen atoms in total. The summed E-state index contributed by atoms with van der Waals surface area (Å²) in [6.45, 7) is 2.82. The molecule has 0 saturated carbocycles. The number of urea groups is 1. The zero-order valence-corrected chi connectivity index (χ0v) is 17.2. The second-order valence-electron chi connectivity index (χ2n) is 6.95. The predicted molar refractivity (Wildman–Crippen MR) is 115 cm³/mol. The first-order valence-corrected chi connectivity index (χ1v) is 9.99. The van der Waals surface area contributed by atoms with E-state index in [1.165, 1.54) is 0 Å². The summed E-state index contributed by atoms with van der Waals surface area (Å²) in [7, 11) is 0. The van der Waals surface area contributed by atoms with Gasteiger partial charge in [-0.3, -0.25) is 9.59 Å². The van der Waals surface area contributed by atoms with Crippen molar-refractivity contribution in [2.45, 2.75) is 6.54 Å². The first kappa shape index (κ1) is 21.4. The van der Waals surface area contributed by atoms with Gasteiger partial charge in [-0.05, 0) is 35.9 Å². The molecule has 0 atom stereocenters. The number of carbonyl (C=O) groups excluding carboxylic acids is 3. The number of anilines is 1. The Hall–Kier alpha value is -3.26. The fraction of sp³-hybridized carbons (Fsp3) is 0.286. The van der Waals surface area contributed by atoms with Gasteiger partial charge in [-0.2, -0.15) is 0 Å². The van der Waals surface area contributed by atoms with Crippen LogP contribution in [0.2, 0.25) is 5.02 Å². The van der Waals surface area contributed by atoms with Gasteiger partial charge >= 0.3 is 6.03 Å². The van der Waals surface area contributed by atoms with Crippen molar-refractivity contribution in [3.05, 3.63) is 64.7 Å². The lowest BCUT2D eigenvalue weighted by atomic mass is 10.1. The van der Waals surface area contributed by atoms with E-state index in [0.717, 1.165) is 11.3 Å². The minimum absolute atomic E-state index is 0.0546. The number of nitrogens with one attached hydrogen (secondary N) is 2. The molecule has 9 heteroatoms. The topological polar surface area (TPSA) is 108 Å². The third kappa shape index (κ3) is 5.87. The average Bonchev–Trinajstić information content (AvgIpc) is 2.76. The van der Waals surface area contributed by atoms with E-state index < -0.39 is 6.03 Å². The van der Waals surface area contributed by atoms with E-state index in [9.17, 15) is 14.4 Å². The fourth-order valence-electron chi connectivity index (χ4n) is 3.22. The van der Waals surface area contributed by atoms with Crippen LogP contribution in [0.1, 0.15) is 15.9 Å². The number of nitrogens with two attached hydrogens (primary N) is 1. The molecule has 0 spiro atoms. The lowest BCUT2D eigenvalue weighted by molar-refractivity contribution is -0.130. The highest BCUT2D eigenvalue weighted by molar-refractivity contribution is 6.30. The van der Waals surface area contributed by atoms with Gasteiger partial charge in [0.1, 0.15) is 0 Å². The molecule has 0 bridgehead atoms. The molecule has 3 rings (SSSR count). The lowest BCUT2D eigenvalue weighted by Gasteiger charge is -2.36. The Balaban J connectivity index is 1.44. The van der Waals surface area contributed by atoms with E-state index in [0.29, 0.717) is 36.8 Å². The van der Waals surface area contributed by atoms with Gasteiger partial charge in [0, 0.05) is 49.0 Å². The van der Waals surface area contributed by atoms with E-state index >= 15 is 0 Å². The summed E-state index contributed by atoms with van der Waals surface area (Å²) in [6, 6.07) is 13.8. The molecule has 1 aliphatic rings. The van der Waals surface area contributed by atoms with Crippen molar-refractivity contribution in [1.29, 1.82) is 0 Å². The second-order valence-corrected chi connectivity index (χ2v) is 7.38. The molecule has 2 aromatic rings. The third-order valence-electron chi connectivity index (χ3n) is 4.89. The second kappa shape index (κ2) is 9.98. The Bertz CT molecular complexity index is 911. The Morgan fingerprint density at radius 3 is 2.30 bits per heavy atom. The summed E-state index contributed by atoms with van der Waals surface area (Å²) in [5.41, 5.74) is 7.33. The largest absolute Gasteiger partial charge is 0.368 e. The molecule has 4 amide bonds. The zero-order chi connectivity index (χ0) is 21.5. The molecule has 4 N–H and O–H groups in total. The number of carbonyl (C=O) groups is 3. The maximum atomic E-state index is 12.5. The number of nitrogens with zero attached hydrogens (tertiary/aromatic N) is 2. The Morgan fingerprint density at radius 1 is 0.967 bits per heavy atom. The predicted octanol–water partition coefficient (Wildman–Crippen LogP) is 1.59. The van der Waals surface area contributed by atoms with Crippen molar-refractivity contribution in [1.82, 2.24) is 15.5 Å². The van der Waals surface area contributed by atoms with Crippen LogP contribution in [0.25, 0.3) is 0 Å². The molecule has 0 radical (unpaired) electrons. The number of benzene rings is 2. The molecule has 1 saturated heterocycles. The first-order chi connectivity index (χ1) is 14.4. The monoisotopic (exact) mass is 429 g/mol. The highest BCUT2D eigenvalue weighted by Gasteiger charge is 2.21. The van der Waals surface area contributed by atoms with Crippen molar-refractivity contribution < 1.29 is 14.4 Å². The maximum Gasteiger partial charge on any atom is 0.312 e. The molecular weight excluding hydrogens is 406 g/mol. The molecule has 0 aromatic heterocycles. The fourth-order valence-corrected chi connectivity index (χ4v) is 3.40. The Morgan fingerprint density at radius 2 is 1.67 bits per heavy atom. The average molecular weight is 430 g/mol. The van der Waals surface area contributed by atoms with E-state index in [-0.39, 0.29) is 24.9 Å². The number of hydrogen-bond donors (Lipinski definition) is 3. The standard InChI is InChI=1S/C21H24ClN5O3/c22-17-2-1-3-18(12-17)26-8-10-27(11-9-26)19(28)14-24-20(29)16-6-4-15(5-7-16)13-25-21(23)30/h1-7,12H,8-11,13-14H2,(H,24,29)(H3,23,25,30). The zero-order valence-electron chi connectivity index (χ0n) is 16.4. The van der Waals surface area contributed by atoms with Gasteiger partial charge < -0.3 is 26.2 Å². The molecule has 1 fully saturated rings. The minimum Gasteiger partial charge on any atom is -0.368 e. The lowest BCUT2D eigenvalue weighted by Crippen LogP contribution is -2.51. The van der Waals surface area contributed by atoms with Crippen LogP contribution in [-0.2, 0) is 11.3 Å². The van der Waals surface area contributed by atoms with Crippen LogP contribution in [-0.4, -0.2) is 55.5 Å². The van der Waals surface area contributed by atoms with Gasteiger partial charge in [0.2, 0.25) is 5.91 Å². The summed E-state index contributed by atoms with van der Waals surface area (Å²) in [5, 5.41) is 5.83. The number of amides is 4. The Labute approximate surface area is 180 Å². The molecule has 30 heavy (non-hydrogen) atoms. The van der Waals surface area contributed by atoms with Crippen molar-refractivity contribution in [3.8, 4) is 0 Å². The van der Waals surface area contributed by atoms with Gasteiger partial charge in [0.05, 0.1) is 6.54 Å². The number of halogens is 1. The number of rotatable bonds is 6. The maximum absolute atomic E-state index is 12.5. The summed E-state index contributed by atoms with van der Waals surface area (Å²) >= 11 is 6.05. The molecule has 0 unspecified atom stereocenters. The van der Waals surface area contributed by atoms with Crippen molar-refractivity contribution in [2.24, 2.45) is 5.73 Å². The van der Waals surface area contributed by atoms with Gasteiger partial charge in [0.25, 0.3) is 5.91 Å². The van der Waals surface area contributed by atoms with Crippen LogP contribution in [0.4, 0.5) is 10.5 Å². The van der Waals surface area contributed by atoms with E-state index in [2.05, 4.69) is 15.5 Å². The quantitative estimate of drug-likeness (QED) is 0.648. The van der Waals surface area contributed by atoms with Gasteiger partial charge in [-0.25, -0.2) is 4.79 Å². The van der Waals surface area contributed by atoms with Crippen LogP contribution in [0.3, 0.4) is 0 Å². The van der Waals surface area contributed by atoms with Crippen LogP contribution < -0.4 is 21.3 Å². The number of primary amides is 1. The first-order valence-electron chi connectivity index (χ1n) is 9.61. The molecule has 1 aliphatic heterocycles. The van der Waals surface area contributed by atoms with Crippen molar-refractivity contribution in [2.75, 3.05) is 37.6 Å². The number of hydrogen-bond acceptors (Lipinski definition) is 4. The third-order valence-corrected chi connectivity index (χ3v) is 5.12. The van der Waals surface area contributed by atoms with Crippen LogP contribution in [0.15, 0.2) is 48.5 Å². The van der Waals surface area contributed by atoms with Gasteiger partial charge in [-0.1, -0.05) is 29.8 Å². The molecule has 2 aromatic carbocycles. The van der Waals surface area contributed by atoms with Gasteiger partial charge in [0.15, 0.2) is 0 Å². The summed E-state index contributed by atoms with van der Waals surface area (Å²) in [5.74, 6) is -0.438. The van der Waals surface area contributed by atoms with E-state index in [1.807, 2.05) is 24.3 Å². The van der Waals surface area contributed by atoms with Crippen LogP contribution in [0.5, 0.6) is 0 Å². The van der Waals surface area contributed by atoms with Crippen molar-refractivity contribution >= 4 is 35.1 Å². The number of piperazine rings is 1. The smallest absolute Gasteiger partial charge is 0.312 e. The van der Waals surface area contributed by atoms with Crippen LogP contribution >= 0.6 is 11.6 Å². The Kier molecular flexibility index (Phi) is 7.13. The summed E-state index contributed by atoms with van der Waals surface area (Å²) in [6.07, 6.45) is 0. The molecule has 1 heterocycles. The highest BCUT2D eigenvalue weighted by atomic mass is 35.5. The van der Waals surface area contributed by atoms with Gasteiger partial charge in [-0.15, -0.1) is 0 Å². The molecule has 158 valence electrons. The SMILES string of the molecule is NC(=O)NCc1ccc(C(=O)NCC(=O)N2CCN(c3cccc(Cl)c3)CC2)cc1. The normalized spacial score (nSPS) is 13.6. The van der Waals surface area contributed by atoms with Crippen molar-refractivity contribution in [3.63, 3.8) is 0 Å². The van der Waals surface area contributed by atoms with Crippen LogP contribution in [0, 0.1) is 0 Å². The molecular formula is C21H24ClN5O3. The molecule has 0 aliphatic carbocycles. The summed E-state index contributed by atoms with van der Waals surface area (Å²) < 4.78 is 0. The summed E-state index contributed by atoms with van der Waals surface area (Å²) in [4.78, 5) is 39.4. The van der Waals surface area contributed by atoms with E-state index in [4.69, 9.17) is 17.3 Å². The minimum atomic E-state index is -0.608. The highest BCUT2D eigenvalue weighted by Crippen LogP contribution is 2.20.